The summed E-state index contributed by atoms with van der Waals surface area (Å²) in [5.41, 5.74) is 15.4. The summed E-state index contributed by atoms with van der Waals surface area (Å²) in [5.74, 6) is 0. The molecule has 0 saturated carbocycles. The Kier molecular flexibility index (Phi) is 5.63. The van der Waals surface area contributed by atoms with E-state index in [4.69, 9.17) is 9.97 Å². The Morgan fingerprint density at radius 2 is 1.38 bits per heavy atom. The molecule has 0 spiro atoms. The Morgan fingerprint density at radius 3 is 2.08 bits per heavy atom. The first-order chi connectivity index (χ1) is 17.9. The Bertz CT molecular complexity index is 1810. The van der Waals surface area contributed by atoms with Crippen molar-refractivity contribution in [3.8, 4) is 0 Å². The van der Waals surface area contributed by atoms with Crippen molar-refractivity contribution in [1.82, 2.24) is 19.4 Å². The van der Waals surface area contributed by atoms with Gasteiger partial charge in [0.1, 0.15) is 0 Å². The molecule has 2 aliphatic rings. The van der Waals surface area contributed by atoms with Crippen molar-refractivity contribution in [3.05, 3.63) is 88.8 Å². The summed E-state index contributed by atoms with van der Waals surface area (Å²) in [6, 6.07) is 15.4. The molecule has 0 atom stereocenters. The number of aryl methyl sites for hydroxylation is 2. The fraction of sp³-hybridized carbons (Fsp3) is 0.273. The lowest BCUT2D eigenvalue weighted by molar-refractivity contribution is 1.14. The maximum atomic E-state index is 5.14. The van der Waals surface area contributed by atoms with Crippen molar-refractivity contribution in [2.75, 3.05) is 0 Å². The van der Waals surface area contributed by atoms with E-state index in [1.54, 1.807) is 0 Å². The molecule has 6 rings (SSSR count). The van der Waals surface area contributed by atoms with Gasteiger partial charge >= 0.3 is 0 Å². The van der Waals surface area contributed by atoms with E-state index in [0.29, 0.717) is 0 Å². The van der Waals surface area contributed by atoms with Gasteiger partial charge < -0.3 is 9.38 Å². The summed E-state index contributed by atoms with van der Waals surface area (Å²) >= 11 is 0. The molecule has 1 aromatic carbocycles. The van der Waals surface area contributed by atoms with E-state index < -0.39 is 0 Å². The first-order valence-corrected chi connectivity index (χ1v) is 13.5. The molecule has 186 valence electrons. The molecule has 8 bridgehead atoms. The van der Waals surface area contributed by atoms with Crippen LogP contribution in [0.25, 0.3) is 49.6 Å². The fourth-order valence-electron chi connectivity index (χ4n) is 6.06. The van der Waals surface area contributed by atoms with Crippen LogP contribution in [-0.4, -0.2) is 19.4 Å². The van der Waals surface area contributed by atoms with E-state index in [1.807, 2.05) is 0 Å². The highest BCUT2D eigenvalue weighted by Gasteiger charge is 2.20. The number of benzene rings is 1. The zero-order valence-corrected chi connectivity index (χ0v) is 22.7. The highest BCUT2D eigenvalue weighted by molar-refractivity contribution is 5.99. The maximum absolute atomic E-state index is 5.14. The fourth-order valence-corrected chi connectivity index (χ4v) is 6.06. The molecule has 37 heavy (non-hydrogen) atoms. The van der Waals surface area contributed by atoms with Gasteiger partial charge in [0, 0.05) is 34.2 Å². The van der Waals surface area contributed by atoms with Gasteiger partial charge in [0.25, 0.3) is 0 Å². The second-order valence-electron chi connectivity index (χ2n) is 10.2. The molecule has 4 aromatic rings. The molecule has 3 aromatic heterocycles. The predicted molar refractivity (Wildman–Crippen MR) is 157 cm³/mol. The number of rotatable bonds is 3. The van der Waals surface area contributed by atoms with Crippen molar-refractivity contribution in [2.45, 2.75) is 60.8 Å². The van der Waals surface area contributed by atoms with Gasteiger partial charge in [-0.1, -0.05) is 39.0 Å². The second-order valence-corrected chi connectivity index (χ2v) is 10.2. The van der Waals surface area contributed by atoms with Crippen LogP contribution in [0, 0.1) is 6.92 Å². The van der Waals surface area contributed by atoms with Crippen LogP contribution in [0.4, 0.5) is 0 Å². The molecule has 0 fully saturated rings. The first kappa shape index (κ1) is 23.5. The molecule has 0 radical (unpaired) electrons. The SMILES string of the molecule is CCC1=C(C)c2cc3nc(cn4cc(cc5[nH]c(cc1n2)c(CC)c5C)c1ccccc14)C(CC)=C3C. The lowest BCUT2D eigenvalue weighted by Gasteiger charge is -2.00. The lowest BCUT2D eigenvalue weighted by atomic mass is 10.0. The molecule has 5 heterocycles. The molecular formula is C33H34N4. The summed E-state index contributed by atoms with van der Waals surface area (Å²) < 4.78 is 2.24. The van der Waals surface area contributed by atoms with Crippen molar-refractivity contribution in [2.24, 2.45) is 0 Å². The van der Waals surface area contributed by atoms with Crippen LogP contribution in [0.15, 0.2) is 54.9 Å². The van der Waals surface area contributed by atoms with E-state index >= 15 is 0 Å². The van der Waals surface area contributed by atoms with E-state index in [0.717, 1.165) is 53.1 Å². The normalized spacial score (nSPS) is 13.8. The van der Waals surface area contributed by atoms with Gasteiger partial charge in [-0.05, 0) is 97.7 Å². The number of H-pyrrole nitrogens is 1. The monoisotopic (exact) mass is 486 g/mol. The second kappa shape index (κ2) is 8.88. The van der Waals surface area contributed by atoms with E-state index in [1.165, 1.54) is 49.7 Å². The third-order valence-electron chi connectivity index (χ3n) is 8.17. The summed E-state index contributed by atoms with van der Waals surface area (Å²) in [6.45, 7) is 13.3. The van der Waals surface area contributed by atoms with Gasteiger partial charge in [-0.15, -0.1) is 0 Å². The van der Waals surface area contributed by atoms with Crippen molar-refractivity contribution in [1.29, 1.82) is 0 Å². The zero-order chi connectivity index (χ0) is 25.8. The molecule has 0 unspecified atom stereocenters. The molecule has 0 aliphatic carbocycles. The molecule has 4 heteroatoms. The number of fused-ring (bicyclic) bond motifs is 11. The quantitative estimate of drug-likeness (QED) is 0.314. The molecule has 4 nitrogen and oxygen atoms in total. The number of allylic oxidation sites excluding steroid dienone is 4. The van der Waals surface area contributed by atoms with Crippen LogP contribution in [0.2, 0.25) is 0 Å². The van der Waals surface area contributed by atoms with Crippen LogP contribution >= 0.6 is 0 Å². The third kappa shape index (κ3) is 3.66. The van der Waals surface area contributed by atoms with Gasteiger partial charge in [-0.3, -0.25) is 0 Å². The molecule has 0 amide bonds. The van der Waals surface area contributed by atoms with E-state index in [-0.39, 0.29) is 0 Å². The number of aromatic amines is 1. The number of hydrogen-bond acceptors (Lipinski definition) is 2. The molecule has 2 aliphatic heterocycles. The van der Waals surface area contributed by atoms with Gasteiger partial charge in [-0.2, -0.15) is 0 Å². The number of hydrogen-bond donors (Lipinski definition) is 1. The Labute approximate surface area is 218 Å². The van der Waals surface area contributed by atoms with Gasteiger partial charge in [0.2, 0.25) is 0 Å². The minimum atomic E-state index is 0.938. The summed E-state index contributed by atoms with van der Waals surface area (Å²) in [5, 5.41) is 2.43. The number of nitrogens with zero attached hydrogens (tertiary/aromatic N) is 3. The van der Waals surface area contributed by atoms with Crippen molar-refractivity contribution < 1.29 is 0 Å². The van der Waals surface area contributed by atoms with Crippen LogP contribution in [0.5, 0.6) is 0 Å². The molecule has 1 N–H and O–H groups in total. The van der Waals surface area contributed by atoms with Gasteiger partial charge in [0.05, 0.1) is 28.3 Å². The minimum absolute atomic E-state index is 0.938. The summed E-state index contributed by atoms with van der Waals surface area (Å²) in [7, 11) is 0. The smallest absolute Gasteiger partial charge is 0.0838 e. The zero-order valence-electron chi connectivity index (χ0n) is 22.7. The van der Waals surface area contributed by atoms with Crippen molar-refractivity contribution >= 4 is 49.6 Å². The Hall–Kier alpha value is -3.92. The van der Waals surface area contributed by atoms with Crippen molar-refractivity contribution in [3.63, 3.8) is 0 Å². The van der Waals surface area contributed by atoms with E-state index in [9.17, 15) is 0 Å². The van der Waals surface area contributed by atoms with Crippen LogP contribution < -0.4 is 0 Å². The predicted octanol–water partition coefficient (Wildman–Crippen LogP) is 8.79. The van der Waals surface area contributed by atoms with Crippen LogP contribution in [-0.2, 0) is 6.42 Å². The highest BCUT2D eigenvalue weighted by atomic mass is 14.9. The summed E-state index contributed by atoms with van der Waals surface area (Å²) in [4.78, 5) is 14.0. The van der Waals surface area contributed by atoms with Crippen LogP contribution in [0.1, 0.15) is 81.4 Å². The number of aromatic nitrogens is 4. The number of nitrogens with one attached hydrogen (secondary N) is 1. The van der Waals surface area contributed by atoms with E-state index in [2.05, 4.69) is 106 Å². The lowest BCUT2D eigenvalue weighted by Crippen LogP contribution is -1.85. The standard InChI is InChI=1S/C33H34N4/c1-7-23-19(4)27-14-22-17-37(33-13-11-10-12-26(22)33)18-32-25(9-3)21(6)29(36-32)15-28-20(5)24(8-2)31(35-28)16-30(23)34-27/h10-18,34H,7-9H2,1-6H3. The minimum Gasteiger partial charge on any atom is -0.355 e. The van der Waals surface area contributed by atoms with Gasteiger partial charge in [0.15, 0.2) is 0 Å². The Morgan fingerprint density at radius 1 is 0.703 bits per heavy atom. The number of para-hydroxylation sites is 1. The molecule has 0 saturated heterocycles. The summed E-state index contributed by atoms with van der Waals surface area (Å²) in [6.07, 6.45) is 7.29. The topological polar surface area (TPSA) is 46.0 Å². The maximum Gasteiger partial charge on any atom is 0.0838 e. The largest absolute Gasteiger partial charge is 0.355 e. The third-order valence-corrected chi connectivity index (χ3v) is 8.17. The first-order valence-electron chi connectivity index (χ1n) is 13.5. The van der Waals surface area contributed by atoms with Gasteiger partial charge in [-0.25, -0.2) is 9.97 Å². The Balaban J connectivity index is 1.83. The van der Waals surface area contributed by atoms with Crippen LogP contribution in [0.3, 0.4) is 0 Å². The average molecular weight is 487 g/mol. The highest BCUT2D eigenvalue weighted by Crippen LogP contribution is 2.36. The molecular weight excluding hydrogens is 452 g/mol. The average Bonchev–Trinajstić information content (AvgIpc) is 3.57.